The van der Waals surface area contributed by atoms with Crippen molar-refractivity contribution in [3.05, 3.63) is 69.8 Å². The topological polar surface area (TPSA) is 88.4 Å². The van der Waals surface area contributed by atoms with Crippen LogP contribution in [0.2, 0.25) is 0 Å². The Bertz CT molecular complexity index is 1020. The highest BCUT2D eigenvalue weighted by Crippen LogP contribution is 2.40. The Morgan fingerprint density at radius 1 is 1.14 bits per heavy atom. The molecule has 0 spiro atoms. The Labute approximate surface area is 166 Å². The molecule has 1 aliphatic rings. The van der Waals surface area contributed by atoms with E-state index in [9.17, 15) is 15.0 Å². The van der Waals surface area contributed by atoms with Crippen LogP contribution in [0.3, 0.4) is 0 Å². The summed E-state index contributed by atoms with van der Waals surface area (Å²) in [5.41, 5.74) is 2.34. The molecule has 144 valence electrons. The zero-order chi connectivity index (χ0) is 20.3. The summed E-state index contributed by atoms with van der Waals surface area (Å²) in [6.45, 7) is 1.95. The van der Waals surface area contributed by atoms with Crippen LogP contribution in [0.15, 0.2) is 63.7 Å². The molecule has 0 bridgehead atoms. The number of aliphatic hydroxyl groups excluding tert-OH is 1. The molecule has 3 rings (SSSR count). The van der Waals surface area contributed by atoms with Crippen LogP contribution in [0.1, 0.15) is 11.1 Å². The third kappa shape index (κ3) is 4.04. The number of aliphatic imine (C=N–C) groups is 1. The summed E-state index contributed by atoms with van der Waals surface area (Å²) in [4.78, 5) is 17.1. The summed E-state index contributed by atoms with van der Waals surface area (Å²) < 4.78 is 9.84. The molecule has 1 heterocycles. The minimum atomic E-state index is -0.669. The second-order valence-corrected chi connectivity index (χ2v) is 7.04. The fourth-order valence-electron chi connectivity index (χ4n) is 2.65. The number of ether oxygens (including phenoxy) is 2. The summed E-state index contributed by atoms with van der Waals surface area (Å²) >= 11 is 1.16. The molecule has 0 fully saturated rings. The fourth-order valence-corrected chi connectivity index (χ4v) is 3.69. The maximum absolute atomic E-state index is 12.2. The predicted octanol–water partition coefficient (Wildman–Crippen LogP) is 4.51. The first-order chi connectivity index (χ1) is 13.4. The van der Waals surface area contributed by atoms with Crippen LogP contribution < -0.4 is 4.74 Å². The molecule has 0 atom stereocenters. The molecule has 0 aromatic heterocycles. The molecule has 0 saturated heterocycles. The second-order valence-electron chi connectivity index (χ2n) is 6.01. The van der Waals surface area contributed by atoms with E-state index < -0.39 is 5.97 Å². The first-order valence-electron chi connectivity index (χ1n) is 8.37. The van der Waals surface area contributed by atoms with Crippen LogP contribution in [0.4, 0.5) is 5.69 Å². The summed E-state index contributed by atoms with van der Waals surface area (Å²) in [7, 11) is 2.71. The summed E-state index contributed by atoms with van der Waals surface area (Å²) in [6.07, 6.45) is 1.65. The highest BCUT2D eigenvalue weighted by atomic mass is 32.2. The van der Waals surface area contributed by atoms with Gasteiger partial charge in [0.2, 0.25) is 0 Å². The van der Waals surface area contributed by atoms with Gasteiger partial charge in [-0.2, -0.15) is 0 Å². The van der Waals surface area contributed by atoms with E-state index in [4.69, 9.17) is 9.47 Å². The third-order valence-electron chi connectivity index (χ3n) is 4.01. The van der Waals surface area contributed by atoms with Crippen LogP contribution in [-0.4, -0.2) is 35.4 Å². The molecule has 0 amide bonds. The van der Waals surface area contributed by atoms with Crippen molar-refractivity contribution in [2.75, 3.05) is 14.2 Å². The first-order valence-corrected chi connectivity index (χ1v) is 9.18. The van der Waals surface area contributed by atoms with Crippen LogP contribution >= 0.6 is 11.8 Å². The Kier molecular flexibility index (Phi) is 5.75. The highest BCUT2D eigenvalue weighted by Gasteiger charge is 2.33. The lowest BCUT2D eigenvalue weighted by molar-refractivity contribution is -0.135. The quantitative estimate of drug-likeness (QED) is 0.738. The van der Waals surface area contributed by atoms with Crippen LogP contribution in [0.5, 0.6) is 11.5 Å². The molecule has 0 saturated carbocycles. The minimum absolute atomic E-state index is 0.0120. The van der Waals surface area contributed by atoms with Gasteiger partial charge in [-0.25, -0.2) is 9.79 Å². The van der Waals surface area contributed by atoms with E-state index in [-0.39, 0.29) is 17.1 Å². The number of hydrogen-bond donors (Lipinski definition) is 2. The number of carbonyl (C=O) groups excluding carboxylic acids is 1. The maximum Gasteiger partial charge on any atom is 0.344 e. The number of aromatic hydroxyl groups is 1. The average Bonchev–Trinajstić information content (AvgIpc) is 2.96. The first kappa shape index (κ1) is 19.6. The number of hydrogen-bond acceptors (Lipinski definition) is 7. The monoisotopic (exact) mass is 397 g/mol. The van der Waals surface area contributed by atoms with Crippen LogP contribution in [-0.2, 0) is 9.53 Å². The third-order valence-corrected chi connectivity index (χ3v) is 5.03. The van der Waals surface area contributed by atoms with E-state index in [0.29, 0.717) is 26.9 Å². The van der Waals surface area contributed by atoms with Gasteiger partial charge < -0.3 is 19.7 Å². The van der Waals surface area contributed by atoms with Crippen molar-refractivity contribution in [2.24, 2.45) is 4.99 Å². The number of nitrogens with zero attached hydrogens (tertiary/aromatic N) is 1. The lowest BCUT2D eigenvalue weighted by atomic mass is 10.1. The lowest BCUT2D eigenvalue weighted by Gasteiger charge is -2.04. The van der Waals surface area contributed by atoms with Gasteiger partial charge in [0, 0.05) is 0 Å². The number of aryl methyl sites for hydroxylation is 1. The van der Waals surface area contributed by atoms with Crippen LogP contribution in [0.25, 0.3) is 6.08 Å². The molecule has 28 heavy (non-hydrogen) atoms. The van der Waals surface area contributed by atoms with Gasteiger partial charge >= 0.3 is 5.97 Å². The molecular formula is C21H19NO5S. The molecule has 0 radical (unpaired) electrons. The maximum atomic E-state index is 12.2. The van der Waals surface area contributed by atoms with Gasteiger partial charge in [0.15, 0.2) is 11.5 Å². The number of methoxy groups -OCH3 is 2. The normalized spacial score (nSPS) is 16.7. The number of thioether (sulfide) groups is 1. The van der Waals surface area contributed by atoms with Crippen molar-refractivity contribution < 1.29 is 24.5 Å². The minimum Gasteiger partial charge on any atom is -0.506 e. The van der Waals surface area contributed by atoms with Gasteiger partial charge in [-0.3, -0.25) is 0 Å². The van der Waals surface area contributed by atoms with E-state index in [1.165, 1.54) is 20.3 Å². The Morgan fingerprint density at radius 2 is 1.93 bits per heavy atom. The van der Waals surface area contributed by atoms with Gasteiger partial charge in [-0.1, -0.05) is 30.0 Å². The standard InChI is InChI=1S/C21H19NO5S/c1-12-5-4-6-14(9-12)22-20-18(21(25)27-3)19(24)17(28-20)11-13-7-8-16(26-2)15(23)10-13/h4-11,23-24H,1-3H3/b17-11+,22-20?. The summed E-state index contributed by atoms with van der Waals surface area (Å²) in [6, 6.07) is 12.4. The smallest absolute Gasteiger partial charge is 0.344 e. The fraction of sp³-hybridized carbons (Fsp3) is 0.143. The van der Waals surface area contributed by atoms with E-state index in [2.05, 4.69) is 4.99 Å². The second kappa shape index (κ2) is 8.22. The predicted molar refractivity (Wildman–Crippen MR) is 110 cm³/mol. The molecule has 2 N–H and O–H groups in total. The number of phenolic OH excluding ortho intramolecular Hbond substituents is 1. The Morgan fingerprint density at radius 3 is 2.57 bits per heavy atom. The number of aliphatic hydroxyl groups is 1. The Hall–Kier alpha value is -3.19. The van der Waals surface area contributed by atoms with Gasteiger partial charge in [-0.15, -0.1) is 0 Å². The number of esters is 1. The van der Waals surface area contributed by atoms with Gasteiger partial charge in [-0.05, 0) is 48.4 Å². The SMILES string of the molecule is COC(=O)C1=C(O)/C(=C\c2ccc(OC)c(O)c2)SC1=Nc1cccc(C)c1. The van der Waals surface area contributed by atoms with E-state index in [1.54, 1.807) is 18.2 Å². The van der Waals surface area contributed by atoms with Gasteiger partial charge in [0.25, 0.3) is 0 Å². The zero-order valence-electron chi connectivity index (χ0n) is 15.6. The largest absolute Gasteiger partial charge is 0.506 e. The summed E-state index contributed by atoms with van der Waals surface area (Å²) in [5, 5.41) is 20.9. The van der Waals surface area contributed by atoms with Crippen molar-refractivity contribution >= 4 is 34.5 Å². The molecule has 6 nitrogen and oxygen atoms in total. The van der Waals surface area contributed by atoms with E-state index >= 15 is 0 Å². The van der Waals surface area contributed by atoms with Gasteiger partial charge in [0.1, 0.15) is 16.4 Å². The van der Waals surface area contributed by atoms with Crippen molar-refractivity contribution in [1.82, 2.24) is 0 Å². The number of rotatable bonds is 4. The van der Waals surface area contributed by atoms with E-state index in [1.807, 2.05) is 31.2 Å². The number of carbonyl (C=O) groups is 1. The number of benzene rings is 2. The number of phenols is 1. The van der Waals surface area contributed by atoms with Crippen molar-refractivity contribution in [3.63, 3.8) is 0 Å². The van der Waals surface area contributed by atoms with Crippen molar-refractivity contribution in [3.8, 4) is 11.5 Å². The van der Waals surface area contributed by atoms with E-state index in [0.717, 1.165) is 17.3 Å². The molecule has 2 aromatic carbocycles. The van der Waals surface area contributed by atoms with Crippen LogP contribution in [0, 0.1) is 6.92 Å². The highest BCUT2D eigenvalue weighted by molar-refractivity contribution is 8.18. The average molecular weight is 397 g/mol. The zero-order valence-corrected chi connectivity index (χ0v) is 16.4. The lowest BCUT2D eigenvalue weighted by Crippen LogP contribution is -2.10. The molecule has 0 aliphatic carbocycles. The molecule has 2 aromatic rings. The van der Waals surface area contributed by atoms with Crippen molar-refractivity contribution in [2.45, 2.75) is 6.92 Å². The van der Waals surface area contributed by atoms with Crippen molar-refractivity contribution in [1.29, 1.82) is 0 Å². The summed E-state index contributed by atoms with van der Waals surface area (Å²) in [5.74, 6) is -0.556. The molecule has 0 unspecified atom stereocenters. The Balaban J connectivity index is 2.04. The van der Waals surface area contributed by atoms with Gasteiger partial charge in [0.05, 0.1) is 24.8 Å². The molecular weight excluding hydrogens is 378 g/mol. The molecule has 1 aliphatic heterocycles. The molecule has 7 heteroatoms.